The zero-order valence-electron chi connectivity index (χ0n) is 18.4. The monoisotopic (exact) mass is 515 g/mol. The number of benzene rings is 2. The predicted octanol–water partition coefficient (Wildman–Crippen LogP) is 1.57. The van der Waals surface area contributed by atoms with Crippen LogP contribution in [0.5, 0.6) is 0 Å². The smallest absolute Gasteiger partial charge is 0.249 e. The van der Waals surface area contributed by atoms with Crippen LogP contribution in [-0.2, 0) is 23.2 Å². The number of hydrogen-bond acceptors (Lipinski definition) is 8. The van der Waals surface area contributed by atoms with Crippen molar-refractivity contribution >= 4 is 32.7 Å². The first-order valence-electron chi connectivity index (χ1n) is 10.4. The summed E-state index contributed by atoms with van der Waals surface area (Å²) < 4.78 is 83.0. The van der Waals surface area contributed by atoms with Crippen LogP contribution < -0.4 is 10.6 Å². The Kier molecular flexibility index (Phi) is 6.57. The van der Waals surface area contributed by atoms with E-state index < -0.39 is 43.8 Å². The number of nitrogens with zero attached hydrogens (tertiary/aromatic N) is 4. The van der Waals surface area contributed by atoms with Crippen molar-refractivity contribution in [1.82, 2.24) is 14.3 Å². The van der Waals surface area contributed by atoms with Gasteiger partial charge in [-0.05, 0) is 30.2 Å². The number of aromatic nitrogens is 2. The topological polar surface area (TPSA) is 133 Å². The Hall–Kier alpha value is -3.07. The minimum atomic E-state index is -4.89. The number of hydrogen-bond donors (Lipinski definition) is 3. The van der Waals surface area contributed by atoms with Gasteiger partial charge in [-0.1, -0.05) is 0 Å². The zero-order chi connectivity index (χ0) is 25.7. The van der Waals surface area contributed by atoms with E-state index in [2.05, 4.69) is 9.97 Å². The highest BCUT2D eigenvalue weighted by atomic mass is 32.2. The fourth-order valence-corrected chi connectivity index (χ4v) is 5.45. The van der Waals surface area contributed by atoms with Crippen LogP contribution in [0.15, 0.2) is 17.0 Å². The van der Waals surface area contributed by atoms with E-state index in [0.29, 0.717) is 22.0 Å². The van der Waals surface area contributed by atoms with Crippen LogP contribution in [0.3, 0.4) is 0 Å². The van der Waals surface area contributed by atoms with Gasteiger partial charge in [0.2, 0.25) is 16.0 Å². The maximum absolute atomic E-state index is 14.3. The third kappa shape index (κ3) is 4.16. The lowest BCUT2D eigenvalue weighted by Gasteiger charge is -2.34. The molecule has 4 N–H and O–H groups in total. The molecule has 0 atom stereocenters. The minimum Gasteiger partial charge on any atom is -0.392 e. The van der Waals surface area contributed by atoms with Gasteiger partial charge in [-0.2, -0.15) is 9.29 Å². The average molecular weight is 515 g/mol. The lowest BCUT2D eigenvalue weighted by molar-refractivity contribution is 0.260. The molecule has 0 amide bonds. The molecule has 2 aromatic carbocycles. The number of nitrogen functional groups attached to an aromatic ring is 1. The molecule has 35 heavy (non-hydrogen) atoms. The molecule has 0 aliphatic carbocycles. The van der Waals surface area contributed by atoms with E-state index >= 15 is 0 Å². The maximum Gasteiger partial charge on any atom is 0.249 e. The number of fused-ring (bicyclic) bond motifs is 1. The number of halogens is 4. The van der Waals surface area contributed by atoms with Crippen LogP contribution >= 0.6 is 0 Å². The molecule has 1 aliphatic heterocycles. The van der Waals surface area contributed by atoms with E-state index in [9.17, 15) is 36.2 Å². The Balaban J connectivity index is 1.62. The lowest BCUT2D eigenvalue weighted by atomic mass is 10.1. The molecule has 1 fully saturated rings. The summed E-state index contributed by atoms with van der Waals surface area (Å²) in [6, 6.07) is 3.11. The van der Waals surface area contributed by atoms with Crippen molar-refractivity contribution in [2.75, 3.05) is 36.8 Å². The van der Waals surface area contributed by atoms with Crippen molar-refractivity contribution < 1.29 is 36.2 Å². The highest BCUT2D eigenvalue weighted by Gasteiger charge is 2.37. The second kappa shape index (κ2) is 9.18. The molecule has 3 aromatic rings. The SMILES string of the molecule is Cc1c(F)c(F)c(S(=O)(=O)N2CCN(c3nc(N)c4cc(CO)c(CO)cc4n3)CC2)c(F)c1F. The van der Waals surface area contributed by atoms with Crippen LogP contribution in [0.25, 0.3) is 10.9 Å². The number of nitrogens with two attached hydrogens (primary N) is 1. The molecule has 0 saturated carbocycles. The Morgan fingerprint density at radius 2 is 1.46 bits per heavy atom. The molecule has 1 saturated heterocycles. The molecule has 2 heterocycles. The van der Waals surface area contributed by atoms with E-state index in [4.69, 9.17) is 5.73 Å². The quantitative estimate of drug-likeness (QED) is 0.345. The van der Waals surface area contributed by atoms with Gasteiger partial charge < -0.3 is 20.8 Å². The molecule has 1 aromatic heterocycles. The van der Waals surface area contributed by atoms with Crippen LogP contribution in [0.1, 0.15) is 16.7 Å². The molecule has 0 spiro atoms. The Bertz CT molecular complexity index is 1400. The summed E-state index contributed by atoms with van der Waals surface area (Å²) >= 11 is 0. The third-order valence-electron chi connectivity index (χ3n) is 5.94. The van der Waals surface area contributed by atoms with Crippen molar-refractivity contribution in [1.29, 1.82) is 0 Å². The Morgan fingerprint density at radius 1 is 0.914 bits per heavy atom. The van der Waals surface area contributed by atoms with Gasteiger partial charge in [0.25, 0.3) is 0 Å². The van der Waals surface area contributed by atoms with Gasteiger partial charge in [-0.15, -0.1) is 0 Å². The fourth-order valence-electron chi connectivity index (χ4n) is 3.92. The normalized spacial score (nSPS) is 15.2. The second-order valence-corrected chi connectivity index (χ2v) is 9.84. The third-order valence-corrected chi connectivity index (χ3v) is 7.86. The first kappa shape index (κ1) is 25.0. The van der Waals surface area contributed by atoms with E-state index in [0.717, 1.165) is 11.2 Å². The highest BCUT2D eigenvalue weighted by molar-refractivity contribution is 7.89. The first-order valence-corrected chi connectivity index (χ1v) is 11.8. The van der Waals surface area contributed by atoms with E-state index in [1.165, 1.54) is 0 Å². The van der Waals surface area contributed by atoms with Gasteiger partial charge in [0, 0.05) is 37.1 Å². The van der Waals surface area contributed by atoms with Crippen LogP contribution in [0, 0.1) is 30.2 Å². The Morgan fingerprint density at radius 3 is 2.00 bits per heavy atom. The van der Waals surface area contributed by atoms with Gasteiger partial charge >= 0.3 is 0 Å². The molecule has 0 radical (unpaired) electrons. The minimum absolute atomic E-state index is 0.00811. The van der Waals surface area contributed by atoms with Crippen LogP contribution in [0.4, 0.5) is 29.3 Å². The van der Waals surface area contributed by atoms with E-state index in [-0.39, 0.29) is 51.2 Å². The lowest BCUT2D eigenvalue weighted by Crippen LogP contribution is -2.49. The van der Waals surface area contributed by atoms with E-state index in [1.54, 1.807) is 17.0 Å². The molecule has 0 bridgehead atoms. The highest BCUT2D eigenvalue weighted by Crippen LogP contribution is 2.31. The molecule has 0 unspecified atom stereocenters. The number of sulfonamides is 1. The summed E-state index contributed by atoms with van der Waals surface area (Å²) in [6.45, 7) is -0.419. The number of aliphatic hydroxyl groups is 2. The van der Waals surface area contributed by atoms with Gasteiger partial charge in [0.05, 0.1) is 18.7 Å². The molecule has 188 valence electrons. The summed E-state index contributed by atoms with van der Waals surface area (Å²) in [4.78, 5) is 8.54. The van der Waals surface area contributed by atoms with Gasteiger partial charge in [0.1, 0.15) is 5.82 Å². The summed E-state index contributed by atoms with van der Waals surface area (Å²) in [5, 5.41) is 19.4. The average Bonchev–Trinajstić information content (AvgIpc) is 2.85. The largest absolute Gasteiger partial charge is 0.392 e. The summed E-state index contributed by atoms with van der Waals surface area (Å²) in [7, 11) is -4.89. The molecule has 1 aliphatic rings. The molecule has 9 nitrogen and oxygen atoms in total. The van der Waals surface area contributed by atoms with Crippen molar-refractivity contribution in [3.63, 3.8) is 0 Å². The molecule has 4 rings (SSSR count). The molecular weight excluding hydrogens is 494 g/mol. The van der Waals surface area contributed by atoms with Crippen LogP contribution in [0.2, 0.25) is 0 Å². The first-order chi connectivity index (χ1) is 16.5. The standard InChI is InChI=1S/C21H21F4N5O4S/c1-10-15(22)17(24)19(18(25)16(10)23)35(33,34)30-4-2-29(3-5-30)21-27-14-7-12(9-32)11(8-31)6-13(14)20(26)28-21/h6-7,31-32H,2-5,8-9H2,1H3,(H2,26,27,28). The zero-order valence-corrected chi connectivity index (χ0v) is 19.2. The molecule has 14 heteroatoms. The summed E-state index contributed by atoms with van der Waals surface area (Å²) in [5.41, 5.74) is 6.39. The number of anilines is 2. The van der Waals surface area contributed by atoms with Crippen LogP contribution in [-0.4, -0.2) is 59.1 Å². The van der Waals surface area contributed by atoms with E-state index in [1.807, 2.05) is 0 Å². The van der Waals surface area contributed by atoms with Crippen molar-refractivity contribution in [3.8, 4) is 0 Å². The number of aliphatic hydroxyl groups excluding tert-OH is 2. The van der Waals surface area contributed by atoms with Crippen molar-refractivity contribution in [2.45, 2.75) is 25.0 Å². The van der Waals surface area contributed by atoms with Gasteiger partial charge in [0.15, 0.2) is 28.2 Å². The second-order valence-electron chi connectivity index (χ2n) is 7.96. The Labute approximate surface area is 197 Å². The van der Waals surface area contributed by atoms with Gasteiger partial charge in [-0.3, -0.25) is 0 Å². The van der Waals surface area contributed by atoms with Crippen molar-refractivity contribution in [3.05, 3.63) is 52.1 Å². The predicted molar refractivity (Wildman–Crippen MR) is 118 cm³/mol. The van der Waals surface area contributed by atoms with Crippen molar-refractivity contribution in [2.24, 2.45) is 0 Å². The summed E-state index contributed by atoms with van der Waals surface area (Å²) in [6.07, 6.45) is 0. The maximum atomic E-state index is 14.3. The number of piperazine rings is 1. The van der Waals surface area contributed by atoms with Gasteiger partial charge in [-0.25, -0.2) is 31.0 Å². The molecular formula is C21H21F4N5O4S. The number of rotatable bonds is 5. The fraction of sp³-hybridized carbons (Fsp3) is 0.333. The summed E-state index contributed by atoms with van der Waals surface area (Å²) in [5.74, 6) is -7.25.